The van der Waals surface area contributed by atoms with E-state index in [9.17, 15) is 14.7 Å². The summed E-state index contributed by atoms with van der Waals surface area (Å²) >= 11 is 0. The third kappa shape index (κ3) is 4.34. The van der Waals surface area contributed by atoms with Gasteiger partial charge in [-0.3, -0.25) is 0 Å². The third-order valence-corrected chi connectivity index (χ3v) is 3.13. The number of nitrogens with zero attached hydrogens (tertiary/aromatic N) is 2. The van der Waals surface area contributed by atoms with E-state index >= 15 is 0 Å². The SMILES string of the molecule is C[C@H](NC(=O)OC(C)(C)C)c1cc(C(=O)O)n(-c2ccccc2)n1. The lowest BCUT2D eigenvalue weighted by Gasteiger charge is -2.21. The Morgan fingerprint density at radius 3 is 2.42 bits per heavy atom. The van der Waals surface area contributed by atoms with Gasteiger partial charge >= 0.3 is 12.1 Å². The molecule has 1 atom stereocenters. The van der Waals surface area contributed by atoms with Crippen LogP contribution in [0.25, 0.3) is 5.69 Å². The van der Waals surface area contributed by atoms with Crippen LogP contribution in [0.2, 0.25) is 0 Å². The van der Waals surface area contributed by atoms with Crippen LogP contribution in [0.3, 0.4) is 0 Å². The Bertz CT molecular complexity index is 732. The maximum Gasteiger partial charge on any atom is 0.408 e. The molecule has 0 fully saturated rings. The Kier molecular flexibility index (Phi) is 4.92. The monoisotopic (exact) mass is 331 g/mol. The number of carbonyl (C=O) groups excluding carboxylic acids is 1. The van der Waals surface area contributed by atoms with Crippen LogP contribution in [0, 0.1) is 0 Å². The van der Waals surface area contributed by atoms with Crippen molar-refractivity contribution in [3.05, 3.63) is 47.8 Å². The molecular formula is C17H21N3O4. The smallest absolute Gasteiger partial charge is 0.408 e. The summed E-state index contributed by atoms with van der Waals surface area (Å²) in [5, 5.41) is 16.4. The van der Waals surface area contributed by atoms with Gasteiger partial charge in [-0.05, 0) is 45.9 Å². The Balaban J connectivity index is 2.25. The van der Waals surface area contributed by atoms with E-state index in [0.717, 1.165) is 0 Å². The lowest BCUT2D eigenvalue weighted by Crippen LogP contribution is -2.34. The Labute approximate surface area is 140 Å². The number of aromatic carboxylic acids is 1. The van der Waals surface area contributed by atoms with Crippen molar-refractivity contribution in [1.29, 1.82) is 0 Å². The number of alkyl carbamates (subject to hydrolysis) is 1. The first kappa shape index (κ1) is 17.5. The van der Waals surface area contributed by atoms with Crippen molar-refractivity contribution >= 4 is 12.1 Å². The molecule has 0 aliphatic rings. The summed E-state index contributed by atoms with van der Waals surface area (Å²) in [6.45, 7) is 7.02. The molecule has 2 N–H and O–H groups in total. The summed E-state index contributed by atoms with van der Waals surface area (Å²) < 4.78 is 6.54. The number of carbonyl (C=O) groups is 2. The van der Waals surface area contributed by atoms with Gasteiger partial charge in [0.05, 0.1) is 17.4 Å². The number of ether oxygens (including phenoxy) is 1. The molecular weight excluding hydrogens is 310 g/mol. The molecule has 0 saturated heterocycles. The quantitative estimate of drug-likeness (QED) is 0.897. The van der Waals surface area contributed by atoms with Gasteiger partial charge in [-0.2, -0.15) is 5.10 Å². The van der Waals surface area contributed by atoms with E-state index in [4.69, 9.17) is 4.74 Å². The van der Waals surface area contributed by atoms with Crippen molar-refractivity contribution in [3.8, 4) is 5.69 Å². The number of carboxylic acids is 1. The normalized spacial score (nSPS) is 12.5. The van der Waals surface area contributed by atoms with Gasteiger partial charge in [-0.25, -0.2) is 14.3 Å². The zero-order valence-corrected chi connectivity index (χ0v) is 14.1. The summed E-state index contributed by atoms with van der Waals surface area (Å²) in [6, 6.07) is 9.89. The molecule has 0 aliphatic heterocycles. The van der Waals surface area contributed by atoms with E-state index in [1.165, 1.54) is 10.7 Å². The van der Waals surface area contributed by atoms with E-state index in [1.807, 2.05) is 6.07 Å². The number of aromatic nitrogens is 2. The maximum atomic E-state index is 11.9. The Hall–Kier alpha value is -2.83. The van der Waals surface area contributed by atoms with Crippen molar-refractivity contribution in [1.82, 2.24) is 15.1 Å². The Morgan fingerprint density at radius 1 is 1.25 bits per heavy atom. The van der Waals surface area contributed by atoms with Crippen LogP contribution in [0.4, 0.5) is 4.79 Å². The van der Waals surface area contributed by atoms with Crippen LogP contribution in [0.5, 0.6) is 0 Å². The number of benzene rings is 1. The topological polar surface area (TPSA) is 93.5 Å². The summed E-state index contributed by atoms with van der Waals surface area (Å²) in [7, 11) is 0. The molecule has 0 bridgehead atoms. The van der Waals surface area contributed by atoms with Gasteiger partial charge in [0.15, 0.2) is 5.69 Å². The fourth-order valence-electron chi connectivity index (χ4n) is 2.09. The van der Waals surface area contributed by atoms with E-state index in [1.54, 1.807) is 52.0 Å². The van der Waals surface area contributed by atoms with Crippen LogP contribution < -0.4 is 5.32 Å². The van der Waals surface area contributed by atoms with Crippen molar-refractivity contribution in [2.24, 2.45) is 0 Å². The number of amides is 1. The molecule has 0 radical (unpaired) electrons. The van der Waals surface area contributed by atoms with Crippen molar-refractivity contribution < 1.29 is 19.4 Å². The second-order valence-electron chi connectivity index (χ2n) is 6.37. The molecule has 0 spiro atoms. The number of para-hydroxylation sites is 1. The standard InChI is InChI=1S/C17H21N3O4/c1-11(18-16(23)24-17(2,3)4)13-10-14(15(21)22)20(19-13)12-8-6-5-7-9-12/h5-11H,1-4H3,(H,18,23)(H,21,22)/t11-/m0/s1. The maximum absolute atomic E-state index is 11.9. The minimum atomic E-state index is -1.10. The van der Waals surface area contributed by atoms with Crippen LogP contribution in [-0.2, 0) is 4.74 Å². The number of hydrogen-bond acceptors (Lipinski definition) is 4. The molecule has 1 heterocycles. The van der Waals surface area contributed by atoms with Crippen molar-refractivity contribution in [3.63, 3.8) is 0 Å². The third-order valence-electron chi connectivity index (χ3n) is 3.13. The second-order valence-corrected chi connectivity index (χ2v) is 6.37. The van der Waals surface area contributed by atoms with Crippen molar-refractivity contribution in [2.75, 3.05) is 0 Å². The number of rotatable bonds is 4. The molecule has 1 amide bonds. The Morgan fingerprint density at radius 2 is 1.88 bits per heavy atom. The summed E-state index contributed by atoms with van der Waals surface area (Å²) in [4.78, 5) is 23.3. The zero-order chi connectivity index (χ0) is 17.9. The predicted molar refractivity (Wildman–Crippen MR) is 88.3 cm³/mol. The van der Waals surface area contributed by atoms with Crippen LogP contribution in [0.1, 0.15) is 49.9 Å². The van der Waals surface area contributed by atoms with Crippen molar-refractivity contribution in [2.45, 2.75) is 39.3 Å². The van der Waals surface area contributed by atoms with E-state index in [-0.39, 0.29) is 5.69 Å². The zero-order valence-electron chi connectivity index (χ0n) is 14.1. The minimum absolute atomic E-state index is 0.0223. The predicted octanol–water partition coefficient (Wildman–Crippen LogP) is 3.16. The molecule has 7 heteroatoms. The van der Waals surface area contributed by atoms with Crippen LogP contribution in [-0.4, -0.2) is 32.6 Å². The fourth-order valence-corrected chi connectivity index (χ4v) is 2.09. The highest BCUT2D eigenvalue weighted by atomic mass is 16.6. The molecule has 2 aromatic rings. The average Bonchev–Trinajstić information content (AvgIpc) is 2.91. The minimum Gasteiger partial charge on any atom is -0.477 e. The lowest BCUT2D eigenvalue weighted by atomic mass is 10.2. The molecule has 1 aromatic heterocycles. The highest BCUT2D eigenvalue weighted by molar-refractivity contribution is 5.86. The van der Waals surface area contributed by atoms with Crippen LogP contribution >= 0.6 is 0 Å². The summed E-state index contributed by atoms with van der Waals surface area (Å²) in [5.41, 5.74) is 0.473. The number of nitrogens with one attached hydrogen (secondary N) is 1. The van der Waals surface area contributed by atoms with Gasteiger partial charge in [0.1, 0.15) is 5.60 Å². The molecule has 1 aromatic carbocycles. The largest absolute Gasteiger partial charge is 0.477 e. The molecule has 0 saturated carbocycles. The van der Waals surface area contributed by atoms with Gasteiger partial charge < -0.3 is 15.2 Å². The van der Waals surface area contributed by atoms with Gasteiger partial charge in [0.25, 0.3) is 0 Å². The lowest BCUT2D eigenvalue weighted by molar-refractivity contribution is 0.0506. The number of hydrogen-bond donors (Lipinski definition) is 2. The average molecular weight is 331 g/mol. The van der Waals surface area contributed by atoms with Gasteiger partial charge in [-0.1, -0.05) is 18.2 Å². The fraction of sp³-hybridized carbons (Fsp3) is 0.353. The molecule has 0 aliphatic carbocycles. The second kappa shape index (κ2) is 6.74. The molecule has 128 valence electrons. The summed E-state index contributed by atoms with van der Waals surface area (Å²) in [5.74, 6) is -1.10. The van der Waals surface area contributed by atoms with E-state index < -0.39 is 23.7 Å². The van der Waals surface area contributed by atoms with Crippen LogP contribution in [0.15, 0.2) is 36.4 Å². The van der Waals surface area contributed by atoms with Gasteiger partial charge in [-0.15, -0.1) is 0 Å². The van der Waals surface area contributed by atoms with Gasteiger partial charge in [0.2, 0.25) is 0 Å². The number of carboxylic acid groups (broad SMARTS) is 1. The molecule has 7 nitrogen and oxygen atoms in total. The highest BCUT2D eigenvalue weighted by Crippen LogP contribution is 2.18. The summed E-state index contributed by atoms with van der Waals surface area (Å²) in [6.07, 6.45) is -0.582. The molecule has 2 rings (SSSR count). The first-order valence-corrected chi connectivity index (χ1v) is 7.55. The first-order valence-electron chi connectivity index (χ1n) is 7.55. The molecule has 0 unspecified atom stereocenters. The van der Waals surface area contributed by atoms with Gasteiger partial charge in [0, 0.05) is 0 Å². The van der Waals surface area contributed by atoms with E-state index in [2.05, 4.69) is 10.4 Å². The first-order chi connectivity index (χ1) is 11.2. The molecule has 24 heavy (non-hydrogen) atoms. The van der Waals surface area contributed by atoms with E-state index in [0.29, 0.717) is 11.4 Å². The highest BCUT2D eigenvalue weighted by Gasteiger charge is 2.22.